The molecule has 0 bridgehead atoms. The average Bonchev–Trinajstić information content (AvgIpc) is 2.74. The van der Waals surface area contributed by atoms with E-state index in [4.69, 9.17) is 35.4 Å². The molecule has 0 radical (unpaired) electrons. The smallest absolute Gasteiger partial charge is 0.225 e. The zero-order valence-electron chi connectivity index (χ0n) is 11.8. The lowest BCUT2D eigenvalue weighted by Gasteiger charge is -2.21. The lowest BCUT2D eigenvalue weighted by molar-refractivity contribution is -0.129. The van der Waals surface area contributed by atoms with Crippen molar-refractivity contribution in [2.75, 3.05) is 11.9 Å². The minimum Gasteiger partial charge on any atom is -0.357 e. The molecule has 0 aromatic heterocycles. The minimum atomic E-state index is 0.0119. The summed E-state index contributed by atoms with van der Waals surface area (Å²) in [7, 11) is 0. The van der Waals surface area contributed by atoms with E-state index in [2.05, 4.69) is 10.6 Å². The van der Waals surface area contributed by atoms with Crippen molar-refractivity contribution in [1.29, 1.82) is 0 Å². The van der Waals surface area contributed by atoms with Gasteiger partial charge in [0.1, 0.15) is 0 Å². The zero-order valence-corrected chi connectivity index (χ0v) is 14.1. The van der Waals surface area contributed by atoms with Gasteiger partial charge in [0.15, 0.2) is 5.11 Å². The Morgan fingerprint density at radius 1 is 1.43 bits per heavy atom. The Kier molecular flexibility index (Phi) is 5.30. The number of carbonyl (C=O) groups is 1. The first kappa shape index (κ1) is 16.3. The van der Waals surface area contributed by atoms with Crippen LogP contribution in [0.25, 0.3) is 0 Å². The van der Waals surface area contributed by atoms with Gasteiger partial charge in [-0.2, -0.15) is 0 Å². The average molecular weight is 346 g/mol. The molecule has 1 aromatic rings. The monoisotopic (exact) mass is 345 g/mol. The van der Waals surface area contributed by atoms with E-state index in [-0.39, 0.29) is 18.0 Å². The van der Waals surface area contributed by atoms with Gasteiger partial charge in [-0.05, 0) is 44.3 Å². The van der Waals surface area contributed by atoms with Crippen LogP contribution in [0.5, 0.6) is 0 Å². The highest BCUT2D eigenvalue weighted by atomic mass is 35.5. The summed E-state index contributed by atoms with van der Waals surface area (Å²) in [5.41, 5.74) is 0.645. The summed E-state index contributed by atoms with van der Waals surface area (Å²) in [6.45, 7) is 4.66. The number of likely N-dealkylation sites (tertiary alicyclic amines) is 1. The first-order valence-corrected chi connectivity index (χ1v) is 7.85. The standard InChI is InChI=1S/C14H17Cl2N3OS/c1-8(2)19-7-10(6-13(19)20)17-14(21)18-12-5-9(15)3-4-11(12)16/h3-5,8,10H,6-7H2,1-2H3,(H2,17,18,21). The van der Waals surface area contributed by atoms with Crippen molar-refractivity contribution in [3.63, 3.8) is 0 Å². The summed E-state index contributed by atoms with van der Waals surface area (Å²) in [6, 6.07) is 5.33. The molecule has 2 rings (SSSR count). The van der Waals surface area contributed by atoms with Crippen LogP contribution in [0.3, 0.4) is 0 Å². The van der Waals surface area contributed by atoms with Gasteiger partial charge in [-0.3, -0.25) is 4.79 Å². The van der Waals surface area contributed by atoms with Gasteiger partial charge in [0.2, 0.25) is 5.91 Å². The van der Waals surface area contributed by atoms with Crippen molar-refractivity contribution >= 4 is 52.1 Å². The van der Waals surface area contributed by atoms with Crippen molar-refractivity contribution in [3.05, 3.63) is 28.2 Å². The highest BCUT2D eigenvalue weighted by molar-refractivity contribution is 7.80. The number of halogens is 2. The van der Waals surface area contributed by atoms with Crippen molar-refractivity contribution in [1.82, 2.24) is 10.2 Å². The van der Waals surface area contributed by atoms with E-state index in [1.54, 1.807) is 18.2 Å². The third-order valence-corrected chi connectivity index (χ3v) is 4.08. The zero-order chi connectivity index (χ0) is 15.6. The van der Waals surface area contributed by atoms with Gasteiger partial charge < -0.3 is 15.5 Å². The summed E-state index contributed by atoms with van der Waals surface area (Å²) < 4.78 is 0. The summed E-state index contributed by atoms with van der Waals surface area (Å²) in [4.78, 5) is 13.7. The molecular weight excluding hydrogens is 329 g/mol. The fourth-order valence-corrected chi connectivity index (χ4v) is 2.88. The van der Waals surface area contributed by atoms with E-state index in [0.717, 1.165) is 0 Å². The van der Waals surface area contributed by atoms with Crippen LogP contribution in [-0.4, -0.2) is 34.5 Å². The van der Waals surface area contributed by atoms with Crippen molar-refractivity contribution in [3.8, 4) is 0 Å². The maximum Gasteiger partial charge on any atom is 0.225 e. The Hall–Kier alpha value is -1.04. The summed E-state index contributed by atoms with van der Waals surface area (Å²) in [6.07, 6.45) is 0.448. The Labute approximate surface area is 139 Å². The number of anilines is 1. The lowest BCUT2D eigenvalue weighted by atomic mass is 10.2. The van der Waals surface area contributed by atoms with Gasteiger partial charge in [-0.25, -0.2) is 0 Å². The Morgan fingerprint density at radius 3 is 2.76 bits per heavy atom. The third-order valence-electron chi connectivity index (χ3n) is 3.29. The summed E-state index contributed by atoms with van der Waals surface area (Å²) >= 11 is 17.3. The van der Waals surface area contributed by atoms with Gasteiger partial charge in [0, 0.05) is 24.0 Å². The van der Waals surface area contributed by atoms with Crippen LogP contribution in [0, 0.1) is 0 Å². The number of nitrogens with one attached hydrogen (secondary N) is 2. The van der Waals surface area contributed by atoms with Gasteiger partial charge in [0.05, 0.1) is 16.8 Å². The molecule has 1 unspecified atom stereocenters. The highest BCUT2D eigenvalue weighted by Gasteiger charge is 2.31. The van der Waals surface area contributed by atoms with E-state index in [1.807, 2.05) is 18.7 Å². The number of benzene rings is 1. The van der Waals surface area contributed by atoms with Gasteiger partial charge >= 0.3 is 0 Å². The second-order valence-corrected chi connectivity index (χ2v) is 6.52. The lowest BCUT2D eigenvalue weighted by Crippen LogP contribution is -2.40. The van der Waals surface area contributed by atoms with Crippen molar-refractivity contribution in [2.24, 2.45) is 0 Å². The SMILES string of the molecule is CC(C)N1CC(NC(=S)Nc2cc(Cl)ccc2Cl)CC1=O. The van der Waals surface area contributed by atoms with Crippen LogP contribution in [-0.2, 0) is 4.79 Å². The molecule has 4 nitrogen and oxygen atoms in total. The van der Waals surface area contributed by atoms with E-state index in [1.165, 1.54) is 0 Å². The van der Waals surface area contributed by atoms with Gasteiger partial charge in [-0.1, -0.05) is 23.2 Å². The first-order chi connectivity index (χ1) is 9.86. The fourth-order valence-electron chi connectivity index (χ4n) is 2.26. The summed E-state index contributed by atoms with van der Waals surface area (Å²) in [5.74, 6) is 0.145. The maximum atomic E-state index is 11.8. The predicted octanol–water partition coefficient (Wildman–Crippen LogP) is 3.29. The highest BCUT2D eigenvalue weighted by Crippen LogP contribution is 2.25. The normalized spacial score (nSPS) is 18.2. The van der Waals surface area contributed by atoms with Crippen molar-refractivity contribution in [2.45, 2.75) is 32.4 Å². The topological polar surface area (TPSA) is 44.4 Å². The molecule has 0 saturated carbocycles. The Balaban J connectivity index is 1.94. The number of carbonyl (C=O) groups excluding carboxylic acids is 1. The van der Waals surface area contributed by atoms with E-state index < -0.39 is 0 Å². The molecule has 1 amide bonds. The molecule has 1 heterocycles. The number of hydrogen-bond acceptors (Lipinski definition) is 2. The van der Waals surface area contributed by atoms with Crippen LogP contribution in [0.4, 0.5) is 5.69 Å². The molecule has 1 aliphatic heterocycles. The molecule has 114 valence electrons. The molecule has 1 fully saturated rings. The Morgan fingerprint density at radius 2 is 2.14 bits per heavy atom. The molecule has 21 heavy (non-hydrogen) atoms. The van der Waals surface area contributed by atoms with E-state index in [9.17, 15) is 4.79 Å². The van der Waals surface area contributed by atoms with Crippen LogP contribution < -0.4 is 10.6 Å². The van der Waals surface area contributed by atoms with E-state index >= 15 is 0 Å². The van der Waals surface area contributed by atoms with Crippen LogP contribution in [0.2, 0.25) is 10.0 Å². The molecule has 1 aliphatic rings. The van der Waals surface area contributed by atoms with Gasteiger partial charge in [0.25, 0.3) is 0 Å². The minimum absolute atomic E-state index is 0.0119. The fraction of sp³-hybridized carbons (Fsp3) is 0.429. The molecule has 1 saturated heterocycles. The van der Waals surface area contributed by atoms with E-state index in [0.29, 0.717) is 33.8 Å². The first-order valence-electron chi connectivity index (χ1n) is 6.69. The molecule has 1 atom stereocenters. The number of amides is 1. The van der Waals surface area contributed by atoms with Crippen molar-refractivity contribution < 1.29 is 4.79 Å². The molecule has 7 heteroatoms. The molecule has 2 N–H and O–H groups in total. The van der Waals surface area contributed by atoms with Gasteiger partial charge in [-0.15, -0.1) is 0 Å². The number of nitrogens with zero attached hydrogens (tertiary/aromatic N) is 1. The maximum absolute atomic E-state index is 11.8. The molecule has 0 aliphatic carbocycles. The molecule has 0 spiro atoms. The molecule has 1 aromatic carbocycles. The number of thiocarbonyl (C=S) groups is 1. The number of hydrogen-bond donors (Lipinski definition) is 2. The number of rotatable bonds is 3. The van der Waals surface area contributed by atoms with Crippen LogP contribution in [0.1, 0.15) is 20.3 Å². The quantitative estimate of drug-likeness (QED) is 0.825. The largest absolute Gasteiger partial charge is 0.357 e. The summed E-state index contributed by atoms with van der Waals surface area (Å²) in [5, 5.41) is 7.70. The Bertz CT molecular complexity index is 565. The second-order valence-electron chi connectivity index (χ2n) is 5.26. The third kappa shape index (κ3) is 4.22. The molecular formula is C14H17Cl2N3OS. The second kappa shape index (κ2) is 6.81. The van der Waals surface area contributed by atoms with Crippen LogP contribution in [0.15, 0.2) is 18.2 Å². The predicted molar refractivity (Wildman–Crippen MR) is 91.1 cm³/mol. The van der Waals surface area contributed by atoms with Crippen LogP contribution >= 0.6 is 35.4 Å².